The number of carbonyl (C=O) groups is 1. The number of hydrogen-bond donors (Lipinski definition) is 0. The van der Waals surface area contributed by atoms with Crippen molar-refractivity contribution in [2.45, 2.75) is 70.8 Å². The van der Waals surface area contributed by atoms with Gasteiger partial charge in [-0.15, -0.1) is 10.2 Å². The van der Waals surface area contributed by atoms with Crippen LogP contribution >= 0.6 is 0 Å². The first kappa shape index (κ1) is 18.0. The fourth-order valence-electron chi connectivity index (χ4n) is 5.36. The average Bonchev–Trinajstić information content (AvgIpc) is 3.40. The van der Waals surface area contributed by atoms with E-state index >= 15 is 0 Å². The van der Waals surface area contributed by atoms with Crippen molar-refractivity contribution in [3.63, 3.8) is 0 Å². The maximum Gasteiger partial charge on any atom is 0.222 e. The molecule has 0 aromatic carbocycles. The summed E-state index contributed by atoms with van der Waals surface area (Å²) in [6.07, 6.45) is 11.0. The van der Waals surface area contributed by atoms with E-state index in [-0.39, 0.29) is 11.3 Å². The number of aryl methyl sites for hydroxylation is 1. The Hall–Kier alpha value is -1.43. The normalized spacial score (nSPS) is 26.0. The summed E-state index contributed by atoms with van der Waals surface area (Å²) in [5.74, 6) is 2.45. The smallest absolute Gasteiger partial charge is 0.222 e. The van der Waals surface area contributed by atoms with Crippen molar-refractivity contribution >= 4 is 5.91 Å². The summed E-state index contributed by atoms with van der Waals surface area (Å²) >= 11 is 0. The minimum atomic E-state index is 0.112. The van der Waals surface area contributed by atoms with Gasteiger partial charge < -0.3 is 14.2 Å². The fraction of sp³-hybridized carbons (Fsp3) is 0.850. The highest BCUT2D eigenvalue weighted by molar-refractivity contribution is 5.76. The van der Waals surface area contributed by atoms with Gasteiger partial charge in [-0.2, -0.15) is 0 Å². The van der Waals surface area contributed by atoms with Gasteiger partial charge in [0.15, 0.2) is 0 Å². The van der Waals surface area contributed by atoms with Gasteiger partial charge >= 0.3 is 0 Å². The maximum absolute atomic E-state index is 12.9. The molecule has 6 heteroatoms. The van der Waals surface area contributed by atoms with Crippen molar-refractivity contribution in [1.29, 1.82) is 0 Å². The standard InChI is InChI=1S/C20H32N4O2/c1-2-23-15-21-22-19(23)17-13-24(14-20(17)9-11-26-12-10-20)18(25)8-7-16-5-3-4-6-16/h15-17H,2-14H2,1H3. The van der Waals surface area contributed by atoms with Crippen molar-refractivity contribution < 1.29 is 9.53 Å². The summed E-state index contributed by atoms with van der Waals surface area (Å²) in [4.78, 5) is 15.1. The van der Waals surface area contributed by atoms with E-state index in [1.165, 1.54) is 25.7 Å². The predicted molar refractivity (Wildman–Crippen MR) is 98.7 cm³/mol. The zero-order valence-electron chi connectivity index (χ0n) is 16.0. The molecule has 0 N–H and O–H groups in total. The SMILES string of the molecule is CCn1cnnc1C1CN(C(=O)CCC2CCCC2)CC12CCOCC2. The number of hydrogen-bond acceptors (Lipinski definition) is 4. The molecule has 0 radical (unpaired) electrons. The van der Waals surface area contributed by atoms with Gasteiger partial charge in [-0.1, -0.05) is 25.7 Å². The molecule has 26 heavy (non-hydrogen) atoms. The Balaban J connectivity index is 1.48. The summed E-state index contributed by atoms with van der Waals surface area (Å²) in [5, 5.41) is 8.61. The van der Waals surface area contributed by atoms with Gasteiger partial charge in [0.1, 0.15) is 12.2 Å². The topological polar surface area (TPSA) is 60.2 Å². The molecule has 2 aliphatic heterocycles. The van der Waals surface area contributed by atoms with Gasteiger partial charge in [0.25, 0.3) is 0 Å². The van der Waals surface area contributed by atoms with E-state index in [0.717, 1.165) is 63.9 Å². The Labute approximate surface area is 156 Å². The van der Waals surface area contributed by atoms with Crippen LogP contribution in [0.4, 0.5) is 0 Å². The molecule has 1 amide bonds. The Morgan fingerprint density at radius 2 is 2.08 bits per heavy atom. The molecule has 1 spiro atoms. The van der Waals surface area contributed by atoms with Crippen molar-refractivity contribution in [1.82, 2.24) is 19.7 Å². The first-order valence-corrected chi connectivity index (χ1v) is 10.4. The van der Waals surface area contributed by atoms with E-state index in [1.54, 1.807) is 0 Å². The number of nitrogens with zero attached hydrogens (tertiary/aromatic N) is 4. The lowest BCUT2D eigenvalue weighted by Gasteiger charge is -2.37. The summed E-state index contributed by atoms with van der Waals surface area (Å²) in [5.41, 5.74) is 0.112. The van der Waals surface area contributed by atoms with Gasteiger partial charge in [0, 0.05) is 50.6 Å². The maximum atomic E-state index is 12.9. The van der Waals surface area contributed by atoms with Gasteiger partial charge in [0.2, 0.25) is 5.91 Å². The molecule has 1 aromatic rings. The molecule has 144 valence electrons. The van der Waals surface area contributed by atoms with Gasteiger partial charge in [0.05, 0.1) is 0 Å². The molecule has 3 heterocycles. The molecule has 1 aromatic heterocycles. The molecule has 3 fully saturated rings. The Morgan fingerprint density at radius 1 is 1.31 bits per heavy atom. The zero-order chi connectivity index (χ0) is 18.0. The third kappa shape index (κ3) is 3.40. The summed E-state index contributed by atoms with van der Waals surface area (Å²) < 4.78 is 7.79. The predicted octanol–water partition coefficient (Wildman–Crippen LogP) is 2.99. The Bertz CT molecular complexity index is 617. The van der Waals surface area contributed by atoms with E-state index < -0.39 is 0 Å². The number of aromatic nitrogens is 3. The molecule has 4 rings (SSSR count). The third-order valence-electron chi connectivity index (χ3n) is 7.03. The second-order valence-electron chi connectivity index (χ2n) is 8.47. The van der Waals surface area contributed by atoms with Crippen LogP contribution in [-0.2, 0) is 16.1 Å². The van der Waals surface area contributed by atoms with Crippen molar-refractivity contribution in [2.75, 3.05) is 26.3 Å². The summed E-state index contributed by atoms with van der Waals surface area (Å²) in [6, 6.07) is 0. The van der Waals surface area contributed by atoms with E-state index in [4.69, 9.17) is 4.74 Å². The van der Waals surface area contributed by atoms with Crippen LogP contribution in [0.15, 0.2) is 6.33 Å². The summed E-state index contributed by atoms with van der Waals surface area (Å²) in [6.45, 7) is 6.25. The minimum Gasteiger partial charge on any atom is -0.381 e. The van der Waals surface area contributed by atoms with Crippen molar-refractivity contribution in [3.05, 3.63) is 12.2 Å². The van der Waals surface area contributed by atoms with Crippen LogP contribution in [0.5, 0.6) is 0 Å². The Morgan fingerprint density at radius 3 is 2.81 bits per heavy atom. The lowest BCUT2D eigenvalue weighted by Crippen LogP contribution is -2.37. The van der Waals surface area contributed by atoms with E-state index in [0.29, 0.717) is 12.3 Å². The molecule has 3 aliphatic rings. The van der Waals surface area contributed by atoms with Gasteiger partial charge in [-0.3, -0.25) is 4.79 Å². The number of ether oxygens (including phenoxy) is 1. The highest BCUT2D eigenvalue weighted by Crippen LogP contribution is 2.49. The number of rotatable bonds is 5. The molecule has 0 bridgehead atoms. The second kappa shape index (κ2) is 7.67. The first-order chi connectivity index (χ1) is 12.7. The number of carbonyl (C=O) groups excluding carboxylic acids is 1. The molecular weight excluding hydrogens is 328 g/mol. The zero-order valence-corrected chi connectivity index (χ0v) is 16.0. The minimum absolute atomic E-state index is 0.112. The molecule has 1 aliphatic carbocycles. The van der Waals surface area contributed by atoms with Crippen LogP contribution in [0, 0.1) is 11.3 Å². The van der Waals surface area contributed by atoms with Crippen LogP contribution in [0.25, 0.3) is 0 Å². The quantitative estimate of drug-likeness (QED) is 0.810. The van der Waals surface area contributed by atoms with Crippen molar-refractivity contribution in [2.24, 2.45) is 11.3 Å². The lowest BCUT2D eigenvalue weighted by molar-refractivity contribution is -0.131. The monoisotopic (exact) mass is 360 g/mol. The highest BCUT2D eigenvalue weighted by Gasteiger charge is 2.50. The van der Waals surface area contributed by atoms with E-state index in [2.05, 4.69) is 26.6 Å². The lowest BCUT2D eigenvalue weighted by atomic mass is 9.71. The van der Waals surface area contributed by atoms with Gasteiger partial charge in [-0.25, -0.2) is 0 Å². The van der Waals surface area contributed by atoms with Crippen LogP contribution in [0.2, 0.25) is 0 Å². The van der Waals surface area contributed by atoms with Crippen LogP contribution in [-0.4, -0.2) is 51.9 Å². The van der Waals surface area contributed by atoms with Gasteiger partial charge in [-0.05, 0) is 32.1 Å². The molecule has 1 saturated carbocycles. The van der Waals surface area contributed by atoms with E-state index in [1.807, 2.05) is 6.33 Å². The molecule has 1 unspecified atom stereocenters. The molecule has 1 atom stereocenters. The van der Waals surface area contributed by atoms with Crippen LogP contribution in [0.1, 0.15) is 70.0 Å². The Kier molecular flexibility index (Phi) is 5.30. The number of likely N-dealkylation sites (tertiary alicyclic amines) is 1. The summed E-state index contributed by atoms with van der Waals surface area (Å²) in [7, 11) is 0. The van der Waals surface area contributed by atoms with E-state index in [9.17, 15) is 4.79 Å². The van der Waals surface area contributed by atoms with Crippen LogP contribution in [0.3, 0.4) is 0 Å². The molecular formula is C20H32N4O2. The highest BCUT2D eigenvalue weighted by atomic mass is 16.5. The second-order valence-corrected chi connectivity index (χ2v) is 8.47. The molecule has 6 nitrogen and oxygen atoms in total. The fourth-order valence-corrected chi connectivity index (χ4v) is 5.36. The molecule has 2 saturated heterocycles. The van der Waals surface area contributed by atoms with Crippen LogP contribution < -0.4 is 0 Å². The number of amides is 1. The third-order valence-corrected chi connectivity index (χ3v) is 7.03. The first-order valence-electron chi connectivity index (χ1n) is 10.4. The average molecular weight is 361 g/mol. The largest absolute Gasteiger partial charge is 0.381 e. The van der Waals surface area contributed by atoms with Crippen molar-refractivity contribution in [3.8, 4) is 0 Å².